The fraction of sp³-hybridized carbons (Fsp3) is 0.400. The molecule has 116 valence electrons. The van der Waals surface area contributed by atoms with Gasteiger partial charge in [-0.15, -0.1) is 10.2 Å². The number of rotatable bonds is 5. The maximum absolute atomic E-state index is 13.2. The van der Waals surface area contributed by atoms with E-state index in [4.69, 9.17) is 0 Å². The van der Waals surface area contributed by atoms with E-state index in [9.17, 15) is 13.6 Å². The fourth-order valence-electron chi connectivity index (χ4n) is 2.56. The van der Waals surface area contributed by atoms with Crippen molar-refractivity contribution < 1.29 is 13.6 Å². The molecule has 0 bridgehead atoms. The van der Waals surface area contributed by atoms with E-state index in [0.717, 1.165) is 11.9 Å². The van der Waals surface area contributed by atoms with Gasteiger partial charge in [0.15, 0.2) is 11.6 Å². The highest BCUT2D eigenvalue weighted by atomic mass is 19.2. The zero-order valence-corrected chi connectivity index (χ0v) is 12.1. The molecule has 1 aliphatic carbocycles. The Hall–Kier alpha value is -2.31. The Morgan fingerprint density at radius 2 is 2.23 bits per heavy atom. The number of halogens is 2. The van der Waals surface area contributed by atoms with E-state index >= 15 is 0 Å². The van der Waals surface area contributed by atoms with Gasteiger partial charge in [0, 0.05) is 19.0 Å². The molecule has 1 heterocycles. The van der Waals surface area contributed by atoms with Crippen LogP contribution in [-0.4, -0.2) is 27.2 Å². The van der Waals surface area contributed by atoms with Crippen LogP contribution < -0.4 is 5.32 Å². The maximum atomic E-state index is 13.2. The van der Waals surface area contributed by atoms with E-state index in [0.29, 0.717) is 25.1 Å². The molecule has 1 aromatic heterocycles. The second-order valence-electron chi connectivity index (χ2n) is 5.48. The monoisotopic (exact) mass is 306 g/mol. The van der Waals surface area contributed by atoms with Gasteiger partial charge in [0.2, 0.25) is 5.91 Å². The molecule has 0 spiro atoms. The molecule has 1 aromatic carbocycles. The summed E-state index contributed by atoms with van der Waals surface area (Å²) >= 11 is 0. The molecule has 1 aliphatic rings. The molecule has 2 atom stereocenters. The van der Waals surface area contributed by atoms with Crippen molar-refractivity contribution in [3.05, 3.63) is 47.5 Å². The lowest BCUT2D eigenvalue weighted by atomic mass is 10.1. The highest BCUT2D eigenvalue weighted by Gasteiger charge is 2.43. The summed E-state index contributed by atoms with van der Waals surface area (Å²) in [6.07, 6.45) is 2.28. The lowest BCUT2D eigenvalue weighted by Crippen LogP contribution is -2.29. The molecule has 0 saturated heterocycles. The molecule has 5 nitrogen and oxygen atoms in total. The van der Waals surface area contributed by atoms with E-state index in [1.807, 2.05) is 11.5 Å². The van der Waals surface area contributed by atoms with Crippen LogP contribution in [0.2, 0.25) is 0 Å². The summed E-state index contributed by atoms with van der Waals surface area (Å²) in [4.78, 5) is 12.0. The van der Waals surface area contributed by atoms with Crippen molar-refractivity contribution in [2.45, 2.75) is 25.8 Å². The van der Waals surface area contributed by atoms with Gasteiger partial charge in [-0.05, 0) is 37.0 Å². The van der Waals surface area contributed by atoms with Crippen molar-refractivity contribution in [3.8, 4) is 0 Å². The van der Waals surface area contributed by atoms with Gasteiger partial charge < -0.3 is 9.88 Å². The van der Waals surface area contributed by atoms with Crippen LogP contribution in [0.5, 0.6) is 0 Å². The first-order chi connectivity index (χ1) is 10.6. The zero-order valence-electron chi connectivity index (χ0n) is 12.1. The first kappa shape index (κ1) is 14.6. The highest BCUT2D eigenvalue weighted by molar-refractivity contribution is 5.82. The maximum Gasteiger partial charge on any atom is 0.223 e. The van der Waals surface area contributed by atoms with Gasteiger partial charge in [-0.3, -0.25) is 4.79 Å². The molecule has 0 aliphatic heterocycles. The Morgan fingerprint density at radius 3 is 2.91 bits per heavy atom. The summed E-state index contributed by atoms with van der Waals surface area (Å²) in [6, 6.07) is 3.82. The SMILES string of the molecule is Cc1nncn1CCNC(=O)[C@@H]1C[C@H]1c1ccc(F)c(F)c1. The van der Waals surface area contributed by atoms with Crippen LogP contribution in [0.1, 0.15) is 23.7 Å². The number of carbonyl (C=O) groups is 1. The first-order valence-corrected chi connectivity index (χ1v) is 7.13. The smallest absolute Gasteiger partial charge is 0.223 e. The van der Waals surface area contributed by atoms with Gasteiger partial charge in [-0.25, -0.2) is 8.78 Å². The first-order valence-electron chi connectivity index (χ1n) is 7.13. The Labute approximate surface area is 126 Å². The van der Waals surface area contributed by atoms with Crippen LogP contribution >= 0.6 is 0 Å². The zero-order chi connectivity index (χ0) is 15.7. The second kappa shape index (κ2) is 5.82. The molecule has 2 aromatic rings. The molecule has 3 rings (SSSR count). The van der Waals surface area contributed by atoms with Gasteiger partial charge in [-0.1, -0.05) is 6.07 Å². The quantitative estimate of drug-likeness (QED) is 0.916. The normalized spacial score (nSPS) is 20.0. The summed E-state index contributed by atoms with van der Waals surface area (Å²) in [5, 5.41) is 10.5. The lowest BCUT2D eigenvalue weighted by molar-refractivity contribution is -0.122. The van der Waals surface area contributed by atoms with Gasteiger partial charge in [0.05, 0.1) is 0 Å². The predicted molar refractivity (Wildman–Crippen MR) is 75.0 cm³/mol. The Kier molecular flexibility index (Phi) is 3.87. The van der Waals surface area contributed by atoms with Crippen molar-refractivity contribution in [2.75, 3.05) is 6.54 Å². The topological polar surface area (TPSA) is 59.8 Å². The van der Waals surface area contributed by atoms with Crippen molar-refractivity contribution in [1.29, 1.82) is 0 Å². The molecular weight excluding hydrogens is 290 g/mol. The molecule has 1 fully saturated rings. The number of hydrogen-bond donors (Lipinski definition) is 1. The van der Waals surface area contributed by atoms with E-state index < -0.39 is 11.6 Å². The average molecular weight is 306 g/mol. The van der Waals surface area contributed by atoms with Crippen molar-refractivity contribution in [2.24, 2.45) is 5.92 Å². The minimum atomic E-state index is -0.869. The van der Waals surface area contributed by atoms with Gasteiger partial charge in [0.1, 0.15) is 12.2 Å². The minimum Gasteiger partial charge on any atom is -0.354 e. The Morgan fingerprint density at radius 1 is 1.41 bits per heavy atom. The van der Waals surface area contributed by atoms with Crippen molar-refractivity contribution in [3.63, 3.8) is 0 Å². The molecule has 0 unspecified atom stereocenters. The summed E-state index contributed by atoms with van der Waals surface area (Å²) in [6.45, 7) is 2.93. The van der Waals surface area contributed by atoms with Crippen LogP contribution in [0.15, 0.2) is 24.5 Å². The van der Waals surface area contributed by atoms with E-state index in [1.54, 1.807) is 6.33 Å². The lowest BCUT2D eigenvalue weighted by Gasteiger charge is -2.06. The Bertz CT molecular complexity index is 701. The number of carbonyl (C=O) groups excluding carboxylic acids is 1. The summed E-state index contributed by atoms with van der Waals surface area (Å²) in [5.74, 6) is -1.18. The molecule has 0 radical (unpaired) electrons. The third-order valence-electron chi connectivity index (χ3n) is 3.96. The fourth-order valence-corrected chi connectivity index (χ4v) is 2.56. The molecule has 1 amide bonds. The molecule has 22 heavy (non-hydrogen) atoms. The van der Waals surface area contributed by atoms with Gasteiger partial charge >= 0.3 is 0 Å². The van der Waals surface area contributed by atoms with Crippen LogP contribution in [0.3, 0.4) is 0 Å². The van der Waals surface area contributed by atoms with E-state index in [1.165, 1.54) is 12.1 Å². The van der Waals surface area contributed by atoms with Gasteiger partial charge in [-0.2, -0.15) is 0 Å². The third-order valence-corrected chi connectivity index (χ3v) is 3.96. The summed E-state index contributed by atoms with van der Waals surface area (Å²) in [7, 11) is 0. The van der Waals surface area contributed by atoms with Gasteiger partial charge in [0.25, 0.3) is 0 Å². The number of nitrogens with one attached hydrogen (secondary N) is 1. The third kappa shape index (κ3) is 2.98. The van der Waals surface area contributed by atoms with E-state index in [-0.39, 0.29) is 17.7 Å². The van der Waals surface area contributed by atoms with Crippen molar-refractivity contribution >= 4 is 5.91 Å². The number of aromatic nitrogens is 3. The number of benzene rings is 1. The number of nitrogens with zero attached hydrogens (tertiary/aromatic N) is 3. The number of hydrogen-bond acceptors (Lipinski definition) is 3. The van der Waals surface area contributed by atoms with Crippen LogP contribution in [-0.2, 0) is 11.3 Å². The minimum absolute atomic E-state index is 0.0215. The van der Waals surface area contributed by atoms with E-state index in [2.05, 4.69) is 15.5 Å². The average Bonchev–Trinajstić information content (AvgIpc) is 3.20. The summed E-state index contributed by atoms with van der Waals surface area (Å²) in [5.41, 5.74) is 0.675. The van der Waals surface area contributed by atoms with Crippen molar-refractivity contribution in [1.82, 2.24) is 20.1 Å². The van der Waals surface area contributed by atoms with Crippen LogP contribution in [0, 0.1) is 24.5 Å². The largest absolute Gasteiger partial charge is 0.354 e. The van der Waals surface area contributed by atoms with Crippen LogP contribution in [0.25, 0.3) is 0 Å². The molecule has 1 N–H and O–H groups in total. The standard InChI is InChI=1S/C15H16F2N4O/c1-9-20-19-8-21(9)5-4-18-15(22)12-7-11(12)10-2-3-13(16)14(17)6-10/h2-3,6,8,11-12H,4-5,7H2,1H3,(H,18,22)/t11-,12+/m0/s1. The second-order valence-corrected chi connectivity index (χ2v) is 5.48. The Balaban J connectivity index is 1.50. The molecule has 7 heteroatoms. The molecule has 1 saturated carbocycles. The summed E-state index contributed by atoms with van der Waals surface area (Å²) < 4.78 is 28.0. The highest BCUT2D eigenvalue weighted by Crippen LogP contribution is 2.47. The molecular formula is C15H16F2N4O. The number of aryl methyl sites for hydroxylation is 1. The van der Waals surface area contributed by atoms with Crippen LogP contribution in [0.4, 0.5) is 8.78 Å². The number of amides is 1. The predicted octanol–water partition coefficient (Wildman–Crippen LogP) is 1.78.